The van der Waals surface area contributed by atoms with Crippen molar-refractivity contribution in [3.8, 4) is 0 Å². The number of likely N-dealkylation sites (N-methyl/N-ethyl adjacent to an activating group) is 1. The Balaban J connectivity index is 1.71. The van der Waals surface area contributed by atoms with Crippen molar-refractivity contribution in [2.75, 3.05) is 33.2 Å². The quantitative estimate of drug-likeness (QED) is 0.788. The van der Waals surface area contributed by atoms with E-state index in [2.05, 4.69) is 35.0 Å². The number of piperazine rings is 1. The Morgan fingerprint density at radius 1 is 1.12 bits per heavy atom. The second kappa shape index (κ2) is 4.51. The first-order valence-electron chi connectivity index (χ1n) is 6.18. The highest BCUT2D eigenvalue weighted by Gasteiger charge is 2.13. The lowest BCUT2D eigenvalue weighted by molar-refractivity contribution is 0.148. The van der Waals surface area contributed by atoms with Crippen LogP contribution in [0.5, 0.6) is 0 Å². The minimum Gasteiger partial charge on any atom is -0.464 e. The van der Waals surface area contributed by atoms with Crippen molar-refractivity contribution in [1.82, 2.24) is 9.80 Å². The first-order chi connectivity index (χ1) is 8.31. The van der Waals surface area contributed by atoms with E-state index in [-0.39, 0.29) is 0 Å². The van der Waals surface area contributed by atoms with E-state index in [4.69, 9.17) is 4.42 Å². The van der Waals surface area contributed by atoms with Crippen LogP contribution < -0.4 is 0 Å². The fourth-order valence-corrected chi connectivity index (χ4v) is 2.38. The van der Waals surface area contributed by atoms with Crippen LogP contribution in [0.4, 0.5) is 0 Å². The maximum atomic E-state index is 5.36. The number of nitrogens with zero attached hydrogens (tertiary/aromatic N) is 2. The highest BCUT2D eigenvalue weighted by Crippen LogP contribution is 2.18. The molecule has 3 nitrogen and oxygen atoms in total. The smallest absolute Gasteiger partial charge is 0.133 e. The Kier molecular flexibility index (Phi) is 2.87. The first kappa shape index (κ1) is 10.8. The summed E-state index contributed by atoms with van der Waals surface area (Å²) in [5.74, 6) is 0. The number of furan rings is 1. The molecule has 0 radical (unpaired) electrons. The van der Waals surface area contributed by atoms with Gasteiger partial charge in [-0.2, -0.15) is 0 Å². The minimum atomic E-state index is 0.979. The van der Waals surface area contributed by atoms with Gasteiger partial charge in [-0.05, 0) is 30.8 Å². The summed E-state index contributed by atoms with van der Waals surface area (Å²) >= 11 is 0. The van der Waals surface area contributed by atoms with Gasteiger partial charge in [0.05, 0.1) is 6.26 Å². The van der Waals surface area contributed by atoms with Crippen molar-refractivity contribution in [3.05, 3.63) is 36.1 Å². The third kappa shape index (κ3) is 2.35. The van der Waals surface area contributed by atoms with Gasteiger partial charge in [0.2, 0.25) is 0 Å². The molecule has 0 N–H and O–H groups in total. The van der Waals surface area contributed by atoms with E-state index in [1.54, 1.807) is 6.26 Å². The molecule has 2 heterocycles. The molecule has 1 fully saturated rings. The molecule has 0 unspecified atom stereocenters. The Labute approximate surface area is 102 Å². The van der Waals surface area contributed by atoms with E-state index in [1.807, 2.05) is 6.07 Å². The number of hydrogen-bond donors (Lipinski definition) is 0. The van der Waals surface area contributed by atoms with E-state index in [0.717, 1.165) is 12.1 Å². The Hall–Kier alpha value is -1.32. The second-order valence-corrected chi connectivity index (χ2v) is 4.87. The van der Waals surface area contributed by atoms with Crippen molar-refractivity contribution in [1.29, 1.82) is 0 Å². The SMILES string of the molecule is CN1CCN(Cc2ccc3occc3c2)CC1. The van der Waals surface area contributed by atoms with Gasteiger partial charge in [-0.1, -0.05) is 6.07 Å². The molecule has 17 heavy (non-hydrogen) atoms. The van der Waals surface area contributed by atoms with Crippen molar-refractivity contribution < 1.29 is 4.42 Å². The molecule has 0 saturated carbocycles. The highest BCUT2D eigenvalue weighted by molar-refractivity contribution is 5.77. The van der Waals surface area contributed by atoms with Crippen molar-refractivity contribution in [2.45, 2.75) is 6.54 Å². The van der Waals surface area contributed by atoms with Crippen LogP contribution in [0, 0.1) is 0 Å². The average molecular weight is 230 g/mol. The summed E-state index contributed by atoms with van der Waals surface area (Å²) in [5.41, 5.74) is 2.36. The fourth-order valence-electron chi connectivity index (χ4n) is 2.38. The number of benzene rings is 1. The second-order valence-electron chi connectivity index (χ2n) is 4.87. The number of rotatable bonds is 2. The lowest BCUT2D eigenvalue weighted by Gasteiger charge is -2.32. The third-order valence-corrected chi connectivity index (χ3v) is 3.52. The molecule has 0 amide bonds. The zero-order valence-electron chi connectivity index (χ0n) is 10.2. The molecule has 0 bridgehead atoms. The summed E-state index contributed by atoms with van der Waals surface area (Å²) in [6.07, 6.45) is 1.75. The Bertz CT molecular complexity index is 498. The fraction of sp³-hybridized carbons (Fsp3) is 0.429. The van der Waals surface area contributed by atoms with Crippen LogP contribution in [0.25, 0.3) is 11.0 Å². The molecule has 2 aromatic rings. The van der Waals surface area contributed by atoms with Crippen molar-refractivity contribution in [2.24, 2.45) is 0 Å². The molecule has 90 valence electrons. The predicted octanol–water partition coefficient (Wildman–Crippen LogP) is 2.18. The predicted molar refractivity (Wildman–Crippen MR) is 69.0 cm³/mol. The zero-order chi connectivity index (χ0) is 11.7. The van der Waals surface area contributed by atoms with Crippen LogP contribution in [-0.2, 0) is 6.54 Å². The van der Waals surface area contributed by atoms with Gasteiger partial charge in [-0.25, -0.2) is 0 Å². The standard InChI is InChI=1S/C14H18N2O/c1-15-5-7-16(8-6-15)11-12-2-3-14-13(10-12)4-9-17-14/h2-4,9-10H,5-8,11H2,1H3. The van der Waals surface area contributed by atoms with Crippen LogP contribution in [0.1, 0.15) is 5.56 Å². The van der Waals surface area contributed by atoms with Crippen LogP contribution >= 0.6 is 0 Å². The monoisotopic (exact) mass is 230 g/mol. The summed E-state index contributed by atoms with van der Waals surface area (Å²) in [5, 5.41) is 1.21. The Morgan fingerprint density at radius 3 is 2.76 bits per heavy atom. The van der Waals surface area contributed by atoms with Crippen LogP contribution in [0.3, 0.4) is 0 Å². The molecule has 0 spiro atoms. The van der Waals surface area contributed by atoms with Gasteiger partial charge in [0.1, 0.15) is 5.58 Å². The molecule has 0 atom stereocenters. The van der Waals surface area contributed by atoms with Crippen molar-refractivity contribution in [3.63, 3.8) is 0 Å². The molecule has 1 aliphatic heterocycles. The van der Waals surface area contributed by atoms with Crippen LogP contribution in [0.2, 0.25) is 0 Å². The summed E-state index contributed by atoms with van der Waals surface area (Å²) in [7, 11) is 2.19. The molecule has 1 aliphatic rings. The molecule has 1 aromatic carbocycles. The lowest BCUT2D eigenvalue weighted by Crippen LogP contribution is -2.43. The molecule has 0 aliphatic carbocycles. The maximum absolute atomic E-state index is 5.36. The molecule has 1 aromatic heterocycles. The van der Waals surface area contributed by atoms with Gasteiger partial charge in [-0.3, -0.25) is 4.90 Å². The molecule has 3 heteroatoms. The van der Waals surface area contributed by atoms with Gasteiger partial charge >= 0.3 is 0 Å². The number of fused-ring (bicyclic) bond motifs is 1. The van der Waals surface area contributed by atoms with Gasteiger partial charge in [-0.15, -0.1) is 0 Å². The highest BCUT2D eigenvalue weighted by atomic mass is 16.3. The minimum absolute atomic E-state index is 0.979. The van der Waals surface area contributed by atoms with E-state index in [9.17, 15) is 0 Å². The van der Waals surface area contributed by atoms with Gasteiger partial charge in [0.15, 0.2) is 0 Å². The van der Waals surface area contributed by atoms with E-state index < -0.39 is 0 Å². The maximum Gasteiger partial charge on any atom is 0.133 e. The summed E-state index contributed by atoms with van der Waals surface area (Å²) in [6, 6.07) is 8.50. The topological polar surface area (TPSA) is 19.6 Å². The molecule has 3 rings (SSSR count). The molecular weight excluding hydrogens is 212 g/mol. The van der Waals surface area contributed by atoms with Crippen molar-refractivity contribution >= 4 is 11.0 Å². The van der Waals surface area contributed by atoms with Gasteiger partial charge in [0, 0.05) is 38.1 Å². The van der Waals surface area contributed by atoms with E-state index in [1.165, 1.54) is 37.1 Å². The summed E-state index contributed by atoms with van der Waals surface area (Å²) in [4.78, 5) is 4.90. The number of hydrogen-bond acceptors (Lipinski definition) is 3. The largest absolute Gasteiger partial charge is 0.464 e. The summed E-state index contributed by atoms with van der Waals surface area (Å²) in [6.45, 7) is 5.73. The molecule has 1 saturated heterocycles. The van der Waals surface area contributed by atoms with Gasteiger partial charge < -0.3 is 9.32 Å². The molecular formula is C14H18N2O. The lowest BCUT2D eigenvalue weighted by atomic mass is 10.1. The zero-order valence-corrected chi connectivity index (χ0v) is 10.2. The van der Waals surface area contributed by atoms with Crippen LogP contribution in [-0.4, -0.2) is 43.0 Å². The Morgan fingerprint density at radius 2 is 1.94 bits per heavy atom. The summed E-state index contributed by atoms with van der Waals surface area (Å²) < 4.78 is 5.36. The average Bonchev–Trinajstić information content (AvgIpc) is 2.79. The van der Waals surface area contributed by atoms with Gasteiger partial charge in [0.25, 0.3) is 0 Å². The normalized spacial score (nSPS) is 18.9. The van der Waals surface area contributed by atoms with Crippen LogP contribution in [0.15, 0.2) is 34.9 Å². The van der Waals surface area contributed by atoms with E-state index >= 15 is 0 Å². The first-order valence-corrected chi connectivity index (χ1v) is 6.18. The van der Waals surface area contributed by atoms with E-state index in [0.29, 0.717) is 0 Å². The third-order valence-electron chi connectivity index (χ3n) is 3.52.